The predicted molar refractivity (Wildman–Crippen MR) is 205 cm³/mol. The first kappa shape index (κ1) is 27.7. The van der Waals surface area contributed by atoms with Crippen molar-refractivity contribution in [2.24, 2.45) is 4.99 Å². The summed E-state index contributed by atoms with van der Waals surface area (Å²) in [6.07, 6.45) is 0. The Morgan fingerprint density at radius 3 is 2.14 bits per heavy atom. The van der Waals surface area contributed by atoms with Crippen LogP contribution in [0.5, 0.6) is 0 Å². The molecule has 3 heterocycles. The van der Waals surface area contributed by atoms with Crippen molar-refractivity contribution in [3.8, 4) is 16.9 Å². The Morgan fingerprint density at radius 2 is 1.29 bits per heavy atom. The van der Waals surface area contributed by atoms with Gasteiger partial charge in [0.2, 0.25) is 0 Å². The fourth-order valence-corrected chi connectivity index (χ4v) is 8.59. The molecule has 7 aromatic carbocycles. The molecule has 6 heteroatoms. The van der Waals surface area contributed by atoms with Crippen LogP contribution in [-0.4, -0.2) is 20.4 Å². The lowest BCUT2D eigenvalue weighted by Gasteiger charge is -2.14. The Balaban J connectivity index is 1.29. The molecule has 0 aliphatic carbocycles. The molecule has 0 bridgehead atoms. The largest absolute Gasteiger partial charge is 0.337 e. The smallest absolute Gasteiger partial charge is 0.159 e. The minimum Gasteiger partial charge on any atom is -0.337 e. The van der Waals surface area contributed by atoms with E-state index in [4.69, 9.17) is 9.98 Å². The zero-order chi connectivity index (χ0) is 32.5. The van der Waals surface area contributed by atoms with Crippen LogP contribution < -0.4 is 5.49 Å². The third kappa shape index (κ3) is 4.21. The van der Waals surface area contributed by atoms with Gasteiger partial charge in [0, 0.05) is 37.4 Å². The van der Waals surface area contributed by atoms with Crippen molar-refractivity contribution in [2.45, 2.75) is 0 Å². The van der Waals surface area contributed by atoms with Crippen molar-refractivity contribution in [3.63, 3.8) is 0 Å². The molecule has 0 atom stereocenters. The number of hydrogen-bond donors (Lipinski definition) is 2. The highest BCUT2D eigenvalue weighted by Crippen LogP contribution is 2.47. The van der Waals surface area contributed by atoms with E-state index >= 15 is 0 Å². The predicted octanol–water partition coefficient (Wildman–Crippen LogP) is 10.8. The van der Waals surface area contributed by atoms with Crippen molar-refractivity contribution in [1.29, 1.82) is 5.41 Å². The molecular weight excluding hydrogens is 619 g/mol. The van der Waals surface area contributed by atoms with E-state index in [9.17, 15) is 5.41 Å². The Morgan fingerprint density at radius 1 is 0.633 bits per heavy atom. The highest BCUT2D eigenvalue weighted by atomic mass is 32.1. The highest BCUT2D eigenvalue weighted by molar-refractivity contribution is 7.27. The number of fused-ring (bicyclic) bond motifs is 11. The number of hydrogen-bond acceptors (Lipinski definition) is 3. The normalized spacial score (nSPS) is 12.3. The van der Waals surface area contributed by atoms with Crippen LogP contribution >= 0.6 is 11.3 Å². The Hall–Kier alpha value is -6.37. The van der Waals surface area contributed by atoms with Crippen molar-refractivity contribution < 1.29 is 0 Å². The van der Waals surface area contributed by atoms with E-state index < -0.39 is 0 Å². The van der Waals surface area contributed by atoms with E-state index in [0.717, 1.165) is 38.9 Å². The first-order chi connectivity index (χ1) is 24.2. The fraction of sp³-hybridized carbons (Fsp3) is 0. The van der Waals surface area contributed by atoms with Gasteiger partial charge in [-0.15, -0.1) is 11.3 Å². The minimum atomic E-state index is 0.153. The lowest BCUT2D eigenvalue weighted by atomic mass is 9.99. The highest BCUT2D eigenvalue weighted by Gasteiger charge is 2.23. The second-order valence-electron chi connectivity index (χ2n) is 12.2. The molecule has 5 nitrogen and oxygen atoms in total. The lowest BCUT2D eigenvalue weighted by molar-refractivity contribution is 1.14. The Labute approximate surface area is 284 Å². The standard InChI is InChI=1S/C43H27N5S/c44-42(47-43-39(26-14-2-1-3-15-26)45-32-21-9-10-22-33(32)46-43)30-19-7-12-24-35(30)48-34-23-11-6-18-29(34)37-27-16-4-5-17-28(27)38-31-20-8-13-25-36(31)49-41(38)40(37)48/h1-25H,(H2,44,46,47). The maximum Gasteiger partial charge on any atom is 0.159 e. The topological polar surface area (TPSA) is 69.8 Å². The fourth-order valence-electron chi connectivity index (χ4n) is 7.33. The molecule has 2 N–H and O–H groups in total. The van der Waals surface area contributed by atoms with Crippen LogP contribution in [0.25, 0.3) is 80.7 Å². The van der Waals surface area contributed by atoms with Crippen LogP contribution in [-0.2, 0) is 0 Å². The summed E-state index contributed by atoms with van der Waals surface area (Å²) in [7, 11) is 0. The number of thiophene rings is 1. The Bertz CT molecular complexity index is 3020. The number of aromatic amines is 1. The minimum absolute atomic E-state index is 0.153. The summed E-state index contributed by atoms with van der Waals surface area (Å²) in [6.45, 7) is 0. The summed E-state index contributed by atoms with van der Waals surface area (Å²) in [6, 6.07) is 52.2. The van der Waals surface area contributed by atoms with Gasteiger partial charge in [-0.25, -0.2) is 9.98 Å². The molecule has 0 saturated carbocycles. The number of H-pyrrole nitrogens is 1. The summed E-state index contributed by atoms with van der Waals surface area (Å²) in [5.41, 5.74) is 7.78. The molecule has 0 fully saturated rings. The number of nitrogens with one attached hydrogen (secondary N) is 2. The number of amidine groups is 1. The maximum absolute atomic E-state index is 9.55. The molecule has 49 heavy (non-hydrogen) atoms. The van der Waals surface area contributed by atoms with Crippen LogP contribution in [0, 0.1) is 5.41 Å². The molecule has 0 aliphatic heterocycles. The molecule has 0 radical (unpaired) electrons. The maximum atomic E-state index is 9.55. The molecule has 0 aliphatic rings. The number of nitrogens with zero attached hydrogens (tertiary/aromatic N) is 3. The number of benzene rings is 7. The second kappa shape index (κ2) is 10.8. The van der Waals surface area contributed by atoms with Crippen molar-refractivity contribution in [1.82, 2.24) is 14.5 Å². The molecule has 0 unspecified atom stereocenters. The van der Waals surface area contributed by atoms with Gasteiger partial charge in [0.05, 0.1) is 32.5 Å². The van der Waals surface area contributed by atoms with Crippen LogP contribution in [0.3, 0.4) is 0 Å². The van der Waals surface area contributed by atoms with Crippen molar-refractivity contribution in [3.05, 3.63) is 163 Å². The summed E-state index contributed by atoms with van der Waals surface area (Å²) in [5, 5.41) is 17.0. The summed E-state index contributed by atoms with van der Waals surface area (Å²) in [5.74, 6) is 0.153. The van der Waals surface area contributed by atoms with Gasteiger partial charge in [0.15, 0.2) is 11.3 Å². The van der Waals surface area contributed by atoms with Gasteiger partial charge in [-0.1, -0.05) is 115 Å². The number of aromatic nitrogens is 3. The van der Waals surface area contributed by atoms with E-state index in [-0.39, 0.29) is 5.84 Å². The van der Waals surface area contributed by atoms with Crippen molar-refractivity contribution in [2.75, 3.05) is 0 Å². The molecule has 0 amide bonds. The monoisotopic (exact) mass is 645 g/mol. The molecule has 3 aromatic heterocycles. The van der Waals surface area contributed by atoms with Gasteiger partial charge in [-0.05, 0) is 47.2 Å². The number of rotatable bonds is 3. The van der Waals surface area contributed by atoms with Crippen LogP contribution in [0.15, 0.2) is 157 Å². The van der Waals surface area contributed by atoms with E-state index in [0.29, 0.717) is 11.2 Å². The van der Waals surface area contributed by atoms with Crippen LogP contribution in [0.4, 0.5) is 0 Å². The SMILES string of the molecule is N=C(N=c1[nH]c2ccccc2nc1-c1ccccc1)c1ccccc1-n1c2ccccc2c2c3ccccc3c3c4ccccc4sc3c21. The van der Waals surface area contributed by atoms with E-state index in [1.165, 1.54) is 41.7 Å². The van der Waals surface area contributed by atoms with E-state index in [1.807, 2.05) is 78.1 Å². The quantitative estimate of drug-likeness (QED) is 0.146. The summed E-state index contributed by atoms with van der Waals surface area (Å²) >= 11 is 1.84. The summed E-state index contributed by atoms with van der Waals surface area (Å²) < 4.78 is 4.85. The van der Waals surface area contributed by atoms with Gasteiger partial charge in [0.1, 0.15) is 5.69 Å². The average molecular weight is 646 g/mol. The summed E-state index contributed by atoms with van der Waals surface area (Å²) in [4.78, 5) is 13.5. The van der Waals surface area contributed by atoms with Crippen LogP contribution in [0.2, 0.25) is 0 Å². The van der Waals surface area contributed by atoms with Gasteiger partial charge in [0.25, 0.3) is 0 Å². The molecule has 10 aromatic rings. The van der Waals surface area contributed by atoms with Gasteiger partial charge in [-0.3, -0.25) is 5.41 Å². The molecule has 0 saturated heterocycles. The van der Waals surface area contributed by atoms with Gasteiger partial charge in [-0.2, -0.15) is 0 Å². The third-order valence-corrected chi connectivity index (χ3v) is 10.6. The molecule has 0 spiro atoms. The zero-order valence-electron chi connectivity index (χ0n) is 26.2. The third-order valence-electron chi connectivity index (χ3n) is 9.44. The van der Waals surface area contributed by atoms with Gasteiger partial charge >= 0.3 is 0 Å². The first-order valence-corrected chi connectivity index (χ1v) is 17.1. The molecule has 230 valence electrons. The van der Waals surface area contributed by atoms with Crippen LogP contribution in [0.1, 0.15) is 5.56 Å². The second-order valence-corrected chi connectivity index (χ2v) is 13.3. The molecular formula is C43H27N5S. The average Bonchev–Trinajstić information content (AvgIpc) is 3.72. The lowest BCUT2D eigenvalue weighted by Crippen LogP contribution is -2.17. The van der Waals surface area contributed by atoms with Crippen molar-refractivity contribution >= 4 is 81.0 Å². The molecule has 10 rings (SSSR count). The van der Waals surface area contributed by atoms with E-state index in [2.05, 4.69) is 94.5 Å². The first-order valence-electron chi connectivity index (χ1n) is 16.3. The number of para-hydroxylation sites is 4. The van der Waals surface area contributed by atoms with Gasteiger partial charge < -0.3 is 9.55 Å². The Kier molecular flexibility index (Phi) is 6.13. The van der Waals surface area contributed by atoms with E-state index in [1.54, 1.807) is 0 Å². The zero-order valence-corrected chi connectivity index (χ0v) is 27.0.